The highest BCUT2D eigenvalue weighted by atomic mass is 32.1. The highest BCUT2D eigenvalue weighted by Crippen LogP contribution is 2.23. The Bertz CT molecular complexity index is 740. The molecular weight excluding hydrogens is 338 g/mol. The number of anilines is 2. The fourth-order valence-electron chi connectivity index (χ4n) is 2.66. The van der Waals surface area contributed by atoms with Crippen LogP contribution in [0.4, 0.5) is 11.4 Å². The van der Waals surface area contributed by atoms with E-state index in [9.17, 15) is 9.59 Å². The SMILES string of the molecule is Cc1cc(N2CCOCC2)ccc1NC(=O)CNC(=O)c1ccsc1. The number of hydrogen-bond acceptors (Lipinski definition) is 5. The number of benzene rings is 1. The van der Waals surface area contributed by atoms with E-state index in [0.29, 0.717) is 5.56 Å². The van der Waals surface area contributed by atoms with Gasteiger partial charge in [-0.1, -0.05) is 0 Å². The Balaban J connectivity index is 1.55. The zero-order valence-corrected chi connectivity index (χ0v) is 14.9. The lowest BCUT2D eigenvalue weighted by Crippen LogP contribution is -2.36. The molecule has 2 aromatic rings. The van der Waals surface area contributed by atoms with Crippen molar-refractivity contribution in [3.8, 4) is 0 Å². The van der Waals surface area contributed by atoms with Crippen LogP contribution in [0.3, 0.4) is 0 Å². The average Bonchev–Trinajstić information content (AvgIpc) is 3.17. The van der Waals surface area contributed by atoms with E-state index in [2.05, 4.69) is 21.6 Å². The Hall–Kier alpha value is -2.38. The van der Waals surface area contributed by atoms with Crippen LogP contribution in [-0.4, -0.2) is 44.7 Å². The van der Waals surface area contributed by atoms with Crippen molar-refractivity contribution in [3.05, 3.63) is 46.2 Å². The minimum Gasteiger partial charge on any atom is -0.378 e. The maximum Gasteiger partial charge on any atom is 0.252 e. The molecular formula is C18H21N3O3S. The van der Waals surface area contributed by atoms with Gasteiger partial charge >= 0.3 is 0 Å². The van der Waals surface area contributed by atoms with Crippen molar-refractivity contribution >= 4 is 34.5 Å². The van der Waals surface area contributed by atoms with Gasteiger partial charge in [-0.3, -0.25) is 9.59 Å². The predicted molar refractivity (Wildman–Crippen MR) is 99.5 cm³/mol. The Morgan fingerprint density at radius 1 is 1.24 bits per heavy atom. The number of nitrogens with one attached hydrogen (secondary N) is 2. The molecule has 7 heteroatoms. The zero-order chi connectivity index (χ0) is 17.6. The first-order valence-electron chi connectivity index (χ1n) is 8.17. The van der Waals surface area contributed by atoms with Gasteiger partial charge in [-0.2, -0.15) is 11.3 Å². The molecule has 0 unspecified atom stereocenters. The zero-order valence-electron chi connectivity index (χ0n) is 14.1. The monoisotopic (exact) mass is 359 g/mol. The first-order valence-corrected chi connectivity index (χ1v) is 9.11. The first-order chi connectivity index (χ1) is 12.1. The second-order valence-electron chi connectivity index (χ2n) is 5.84. The summed E-state index contributed by atoms with van der Waals surface area (Å²) >= 11 is 1.45. The third-order valence-electron chi connectivity index (χ3n) is 4.05. The minimum atomic E-state index is -0.245. The maximum absolute atomic E-state index is 12.1. The van der Waals surface area contributed by atoms with Crippen molar-refractivity contribution in [2.45, 2.75) is 6.92 Å². The molecule has 1 aromatic heterocycles. The lowest BCUT2D eigenvalue weighted by atomic mass is 10.1. The lowest BCUT2D eigenvalue weighted by molar-refractivity contribution is -0.115. The molecule has 1 aromatic carbocycles. The Morgan fingerprint density at radius 3 is 2.72 bits per heavy atom. The number of ether oxygens (including phenoxy) is 1. The van der Waals surface area contributed by atoms with Crippen molar-refractivity contribution < 1.29 is 14.3 Å². The first kappa shape index (κ1) is 17.4. The summed E-state index contributed by atoms with van der Waals surface area (Å²) in [6, 6.07) is 7.69. The summed E-state index contributed by atoms with van der Waals surface area (Å²) in [5, 5.41) is 9.05. The second kappa shape index (κ2) is 8.13. The molecule has 1 saturated heterocycles. The molecule has 25 heavy (non-hydrogen) atoms. The van der Waals surface area contributed by atoms with Crippen LogP contribution < -0.4 is 15.5 Å². The largest absolute Gasteiger partial charge is 0.378 e. The van der Waals surface area contributed by atoms with Crippen LogP contribution in [0.5, 0.6) is 0 Å². The Morgan fingerprint density at radius 2 is 2.04 bits per heavy atom. The number of morpholine rings is 1. The van der Waals surface area contributed by atoms with E-state index in [1.54, 1.807) is 11.4 Å². The lowest BCUT2D eigenvalue weighted by Gasteiger charge is -2.29. The standard InChI is InChI=1S/C18H21N3O3S/c1-13-10-15(21-5-7-24-8-6-21)2-3-16(13)20-17(22)11-19-18(23)14-4-9-25-12-14/h2-4,9-10,12H,5-8,11H2,1H3,(H,19,23)(H,20,22). The quantitative estimate of drug-likeness (QED) is 0.859. The van der Waals surface area contributed by atoms with E-state index >= 15 is 0 Å². The fraction of sp³-hybridized carbons (Fsp3) is 0.333. The molecule has 1 aliphatic rings. The normalized spacial score (nSPS) is 14.2. The van der Waals surface area contributed by atoms with Gasteiger partial charge in [0.2, 0.25) is 5.91 Å². The molecule has 1 fully saturated rings. The molecule has 0 spiro atoms. The van der Waals surface area contributed by atoms with Gasteiger partial charge in [0.15, 0.2) is 0 Å². The molecule has 2 N–H and O–H groups in total. The number of amides is 2. The number of carbonyl (C=O) groups is 2. The van der Waals surface area contributed by atoms with Crippen LogP contribution in [0.25, 0.3) is 0 Å². The summed E-state index contributed by atoms with van der Waals surface area (Å²) in [6.07, 6.45) is 0. The summed E-state index contributed by atoms with van der Waals surface area (Å²) in [6.45, 7) is 5.13. The molecule has 0 aliphatic carbocycles. The second-order valence-corrected chi connectivity index (χ2v) is 6.62. The van der Waals surface area contributed by atoms with E-state index in [0.717, 1.165) is 43.2 Å². The molecule has 0 saturated carbocycles. The van der Waals surface area contributed by atoms with Gasteiger partial charge in [0.1, 0.15) is 0 Å². The summed E-state index contributed by atoms with van der Waals surface area (Å²) in [4.78, 5) is 26.2. The smallest absolute Gasteiger partial charge is 0.252 e. The summed E-state index contributed by atoms with van der Waals surface area (Å²) < 4.78 is 5.37. The number of thiophene rings is 1. The van der Waals surface area contributed by atoms with Crippen molar-refractivity contribution in [1.82, 2.24) is 5.32 Å². The molecule has 1 aliphatic heterocycles. The average molecular weight is 359 g/mol. The van der Waals surface area contributed by atoms with E-state index in [-0.39, 0.29) is 18.4 Å². The molecule has 0 bridgehead atoms. The fourth-order valence-corrected chi connectivity index (χ4v) is 3.29. The van der Waals surface area contributed by atoms with Gasteiger partial charge in [-0.25, -0.2) is 0 Å². The van der Waals surface area contributed by atoms with Crippen molar-refractivity contribution in [1.29, 1.82) is 0 Å². The molecule has 132 valence electrons. The highest BCUT2D eigenvalue weighted by Gasteiger charge is 2.13. The summed E-state index contributed by atoms with van der Waals surface area (Å²) in [5.74, 6) is -0.485. The van der Waals surface area contributed by atoms with E-state index in [4.69, 9.17) is 4.74 Å². The maximum atomic E-state index is 12.1. The summed E-state index contributed by atoms with van der Waals surface area (Å²) in [5.41, 5.74) is 3.45. The Kier molecular flexibility index (Phi) is 5.67. The predicted octanol–water partition coefficient (Wildman–Crippen LogP) is 2.26. The molecule has 6 nitrogen and oxygen atoms in total. The van der Waals surface area contributed by atoms with Gasteiger partial charge in [0.25, 0.3) is 5.91 Å². The third-order valence-corrected chi connectivity index (χ3v) is 4.74. The van der Waals surface area contributed by atoms with E-state index in [1.165, 1.54) is 11.3 Å². The topological polar surface area (TPSA) is 70.7 Å². The van der Waals surface area contributed by atoms with Gasteiger partial charge in [0, 0.05) is 35.4 Å². The number of aryl methyl sites for hydroxylation is 1. The van der Waals surface area contributed by atoms with Crippen molar-refractivity contribution in [2.24, 2.45) is 0 Å². The number of nitrogens with zero attached hydrogens (tertiary/aromatic N) is 1. The van der Waals surface area contributed by atoms with Gasteiger partial charge < -0.3 is 20.3 Å². The molecule has 2 heterocycles. The molecule has 3 rings (SSSR count). The summed E-state index contributed by atoms with van der Waals surface area (Å²) in [7, 11) is 0. The van der Waals surface area contributed by atoms with Crippen LogP contribution in [0.15, 0.2) is 35.0 Å². The minimum absolute atomic E-state index is 0.0562. The van der Waals surface area contributed by atoms with Gasteiger partial charge in [-0.15, -0.1) is 0 Å². The van der Waals surface area contributed by atoms with Crippen LogP contribution in [0.1, 0.15) is 15.9 Å². The molecule has 0 radical (unpaired) electrons. The molecule has 2 amide bonds. The van der Waals surface area contributed by atoms with Gasteiger partial charge in [-0.05, 0) is 42.1 Å². The Labute approximate surface area is 150 Å². The van der Waals surface area contributed by atoms with E-state index in [1.807, 2.05) is 24.4 Å². The highest BCUT2D eigenvalue weighted by molar-refractivity contribution is 7.08. The van der Waals surface area contributed by atoms with Gasteiger partial charge in [0.05, 0.1) is 19.8 Å². The number of rotatable bonds is 5. The van der Waals surface area contributed by atoms with Crippen molar-refractivity contribution in [2.75, 3.05) is 43.1 Å². The van der Waals surface area contributed by atoms with E-state index < -0.39 is 0 Å². The number of carbonyl (C=O) groups excluding carboxylic acids is 2. The van der Waals surface area contributed by atoms with Crippen LogP contribution in [0.2, 0.25) is 0 Å². The number of hydrogen-bond donors (Lipinski definition) is 2. The van der Waals surface area contributed by atoms with Crippen LogP contribution in [0, 0.1) is 6.92 Å². The van der Waals surface area contributed by atoms with Crippen LogP contribution in [-0.2, 0) is 9.53 Å². The third kappa shape index (κ3) is 4.58. The van der Waals surface area contributed by atoms with Crippen molar-refractivity contribution in [3.63, 3.8) is 0 Å². The van der Waals surface area contributed by atoms with Crippen LogP contribution >= 0.6 is 11.3 Å². The molecule has 0 atom stereocenters.